The molecule has 0 unspecified atom stereocenters. The fourth-order valence-corrected chi connectivity index (χ4v) is 2.38. The summed E-state index contributed by atoms with van der Waals surface area (Å²) in [6, 6.07) is 8.41. The monoisotopic (exact) mass is 382 g/mol. The fraction of sp³-hybridized carbons (Fsp3) is 0.125. The number of benzene rings is 2. The zero-order valence-electron chi connectivity index (χ0n) is 12.9. The van der Waals surface area contributed by atoms with E-state index in [-0.39, 0.29) is 10.6 Å². The Labute approximate surface area is 152 Å². The minimum Gasteiger partial charge on any atom is -0.452 e. The van der Waals surface area contributed by atoms with Gasteiger partial charge in [0.1, 0.15) is 5.56 Å². The molecule has 0 saturated carbocycles. The summed E-state index contributed by atoms with van der Waals surface area (Å²) in [4.78, 5) is 34.1. The third-order valence-electron chi connectivity index (χ3n) is 3.17. The Morgan fingerprint density at radius 1 is 1.16 bits per heavy atom. The zero-order chi connectivity index (χ0) is 18.6. The summed E-state index contributed by atoms with van der Waals surface area (Å²) >= 11 is 11.5. The molecule has 2 aromatic carbocycles. The standard InChI is InChI=1S/C16H12Cl2N2O5/c1-9-6-10(17)3-5-13(9)19-15(21)8-25-16(22)12-4-2-11(18)7-14(12)20(23)24/h2-7H,8H2,1H3,(H,19,21). The second kappa shape index (κ2) is 7.96. The first-order chi connectivity index (χ1) is 11.8. The molecule has 0 aliphatic carbocycles. The molecule has 1 N–H and O–H groups in total. The van der Waals surface area contributed by atoms with Crippen molar-refractivity contribution in [3.05, 3.63) is 67.7 Å². The van der Waals surface area contributed by atoms with Crippen LogP contribution in [-0.4, -0.2) is 23.4 Å². The number of carbonyl (C=O) groups excluding carboxylic acids is 2. The molecular formula is C16H12Cl2N2O5. The Morgan fingerprint density at radius 2 is 1.80 bits per heavy atom. The van der Waals surface area contributed by atoms with Gasteiger partial charge < -0.3 is 10.1 Å². The van der Waals surface area contributed by atoms with Gasteiger partial charge in [0.05, 0.1) is 4.92 Å². The highest BCUT2D eigenvalue weighted by atomic mass is 35.5. The highest BCUT2D eigenvalue weighted by Gasteiger charge is 2.22. The number of nitro groups is 1. The van der Waals surface area contributed by atoms with E-state index in [2.05, 4.69) is 5.32 Å². The van der Waals surface area contributed by atoms with Gasteiger partial charge in [0, 0.05) is 21.8 Å². The molecule has 25 heavy (non-hydrogen) atoms. The van der Waals surface area contributed by atoms with Crippen molar-refractivity contribution in [3.8, 4) is 0 Å². The molecule has 0 aliphatic heterocycles. The second-order valence-electron chi connectivity index (χ2n) is 5.00. The van der Waals surface area contributed by atoms with Crippen LogP contribution in [0.25, 0.3) is 0 Å². The maximum absolute atomic E-state index is 12.0. The van der Waals surface area contributed by atoms with Crippen LogP contribution in [0.3, 0.4) is 0 Å². The Kier molecular flexibility index (Phi) is 5.95. The summed E-state index contributed by atoms with van der Waals surface area (Å²) in [5.74, 6) is -1.58. The number of nitrogens with zero attached hydrogens (tertiary/aromatic N) is 1. The number of anilines is 1. The summed E-state index contributed by atoms with van der Waals surface area (Å²) in [6.07, 6.45) is 0. The van der Waals surface area contributed by atoms with Crippen LogP contribution in [0.1, 0.15) is 15.9 Å². The van der Waals surface area contributed by atoms with Crippen LogP contribution in [-0.2, 0) is 9.53 Å². The van der Waals surface area contributed by atoms with Gasteiger partial charge in [-0.15, -0.1) is 0 Å². The average molecular weight is 383 g/mol. The maximum Gasteiger partial charge on any atom is 0.345 e. The van der Waals surface area contributed by atoms with Crippen LogP contribution >= 0.6 is 23.2 Å². The lowest BCUT2D eigenvalue weighted by molar-refractivity contribution is -0.385. The Balaban J connectivity index is 2.02. The quantitative estimate of drug-likeness (QED) is 0.478. The molecule has 0 saturated heterocycles. The number of nitro benzene ring substituents is 1. The van der Waals surface area contributed by atoms with Crippen LogP contribution in [0.4, 0.5) is 11.4 Å². The second-order valence-corrected chi connectivity index (χ2v) is 5.88. The lowest BCUT2D eigenvalue weighted by Crippen LogP contribution is -2.21. The van der Waals surface area contributed by atoms with E-state index in [4.69, 9.17) is 27.9 Å². The van der Waals surface area contributed by atoms with E-state index in [1.165, 1.54) is 12.1 Å². The number of aryl methyl sites for hydroxylation is 1. The van der Waals surface area contributed by atoms with Crippen molar-refractivity contribution in [1.82, 2.24) is 0 Å². The summed E-state index contributed by atoms with van der Waals surface area (Å²) in [5, 5.41) is 14.2. The van der Waals surface area contributed by atoms with Crippen molar-refractivity contribution >= 4 is 46.5 Å². The highest BCUT2D eigenvalue weighted by molar-refractivity contribution is 6.31. The van der Waals surface area contributed by atoms with Crippen LogP contribution in [0.2, 0.25) is 10.0 Å². The topological polar surface area (TPSA) is 98.5 Å². The molecule has 0 spiro atoms. The number of esters is 1. The normalized spacial score (nSPS) is 10.2. The molecule has 0 fully saturated rings. The largest absolute Gasteiger partial charge is 0.452 e. The lowest BCUT2D eigenvalue weighted by atomic mass is 10.2. The molecule has 0 aromatic heterocycles. The zero-order valence-corrected chi connectivity index (χ0v) is 14.4. The van der Waals surface area contributed by atoms with E-state index < -0.39 is 29.1 Å². The van der Waals surface area contributed by atoms with Gasteiger partial charge in [-0.1, -0.05) is 23.2 Å². The van der Waals surface area contributed by atoms with Crippen molar-refractivity contribution in [2.24, 2.45) is 0 Å². The van der Waals surface area contributed by atoms with Gasteiger partial charge in [-0.2, -0.15) is 0 Å². The van der Waals surface area contributed by atoms with E-state index in [1.54, 1.807) is 25.1 Å². The van der Waals surface area contributed by atoms with Crippen LogP contribution in [0, 0.1) is 17.0 Å². The number of hydrogen-bond acceptors (Lipinski definition) is 5. The van der Waals surface area contributed by atoms with Gasteiger partial charge in [-0.25, -0.2) is 4.79 Å². The van der Waals surface area contributed by atoms with Crippen molar-refractivity contribution < 1.29 is 19.2 Å². The van der Waals surface area contributed by atoms with E-state index in [0.29, 0.717) is 10.7 Å². The van der Waals surface area contributed by atoms with Crippen LogP contribution in [0.5, 0.6) is 0 Å². The Hall–Kier alpha value is -2.64. The van der Waals surface area contributed by atoms with Crippen molar-refractivity contribution in [2.45, 2.75) is 6.92 Å². The van der Waals surface area contributed by atoms with Crippen LogP contribution in [0.15, 0.2) is 36.4 Å². The van der Waals surface area contributed by atoms with E-state index in [0.717, 1.165) is 11.6 Å². The molecule has 0 heterocycles. The number of rotatable bonds is 5. The van der Waals surface area contributed by atoms with E-state index >= 15 is 0 Å². The highest BCUT2D eigenvalue weighted by Crippen LogP contribution is 2.24. The first-order valence-electron chi connectivity index (χ1n) is 6.95. The fourth-order valence-electron chi connectivity index (χ4n) is 1.99. The van der Waals surface area contributed by atoms with Gasteiger partial charge in [0.25, 0.3) is 11.6 Å². The smallest absolute Gasteiger partial charge is 0.345 e. The maximum atomic E-state index is 12.0. The number of halogens is 2. The number of amides is 1. The Morgan fingerprint density at radius 3 is 2.44 bits per heavy atom. The van der Waals surface area contributed by atoms with E-state index in [9.17, 15) is 19.7 Å². The third-order valence-corrected chi connectivity index (χ3v) is 3.64. The molecule has 1 amide bonds. The number of hydrogen-bond donors (Lipinski definition) is 1. The lowest BCUT2D eigenvalue weighted by Gasteiger charge is -2.09. The summed E-state index contributed by atoms with van der Waals surface area (Å²) in [6.45, 7) is 1.16. The van der Waals surface area contributed by atoms with Crippen molar-refractivity contribution in [1.29, 1.82) is 0 Å². The first-order valence-corrected chi connectivity index (χ1v) is 7.70. The number of carbonyl (C=O) groups is 2. The van der Waals surface area contributed by atoms with Crippen LogP contribution < -0.4 is 5.32 Å². The SMILES string of the molecule is Cc1cc(Cl)ccc1NC(=O)COC(=O)c1ccc(Cl)cc1[N+](=O)[O-]. The molecule has 0 radical (unpaired) electrons. The predicted molar refractivity (Wildman–Crippen MR) is 93.2 cm³/mol. The molecule has 9 heteroatoms. The minimum atomic E-state index is -0.994. The van der Waals surface area contributed by atoms with Gasteiger partial charge in [0.15, 0.2) is 6.61 Å². The Bertz CT molecular complexity index is 854. The first kappa shape index (κ1) is 18.7. The number of ether oxygens (including phenoxy) is 1. The molecular weight excluding hydrogens is 371 g/mol. The molecule has 0 aliphatic rings. The van der Waals surface area contributed by atoms with Gasteiger partial charge in [0.2, 0.25) is 0 Å². The van der Waals surface area contributed by atoms with Gasteiger partial charge in [-0.3, -0.25) is 14.9 Å². The summed E-state index contributed by atoms with van der Waals surface area (Å²) in [5.41, 5.74) is 0.472. The summed E-state index contributed by atoms with van der Waals surface area (Å²) in [7, 11) is 0. The molecule has 0 atom stereocenters. The van der Waals surface area contributed by atoms with Crippen molar-refractivity contribution in [2.75, 3.05) is 11.9 Å². The summed E-state index contributed by atoms with van der Waals surface area (Å²) < 4.78 is 4.83. The molecule has 2 rings (SSSR count). The number of nitrogens with one attached hydrogen (secondary N) is 1. The van der Waals surface area contributed by atoms with Gasteiger partial charge >= 0.3 is 5.97 Å². The third kappa shape index (κ3) is 4.91. The molecule has 7 nitrogen and oxygen atoms in total. The molecule has 130 valence electrons. The van der Waals surface area contributed by atoms with Gasteiger partial charge in [-0.05, 0) is 42.8 Å². The predicted octanol–water partition coefficient (Wildman–Crippen LogP) is 4.01. The minimum absolute atomic E-state index is 0.110. The average Bonchev–Trinajstić information content (AvgIpc) is 2.55. The molecule has 2 aromatic rings. The van der Waals surface area contributed by atoms with Crippen molar-refractivity contribution in [3.63, 3.8) is 0 Å². The molecule has 0 bridgehead atoms. The van der Waals surface area contributed by atoms with E-state index in [1.807, 2.05) is 0 Å².